The molecule has 0 fully saturated rings. The fourth-order valence-electron chi connectivity index (χ4n) is 1.26. The van der Waals surface area contributed by atoms with Crippen LogP contribution < -0.4 is 5.73 Å². The average molecular weight is 176 g/mol. The van der Waals surface area contributed by atoms with Crippen molar-refractivity contribution in [1.82, 2.24) is 0 Å². The summed E-state index contributed by atoms with van der Waals surface area (Å²) in [6.07, 6.45) is 1.67. The summed E-state index contributed by atoms with van der Waals surface area (Å²) in [6.45, 7) is 2.70. The van der Waals surface area contributed by atoms with Gasteiger partial charge < -0.3 is 11.1 Å². The van der Waals surface area contributed by atoms with Crippen LogP contribution in [0.3, 0.4) is 0 Å². The van der Waals surface area contributed by atoms with Gasteiger partial charge in [0.05, 0.1) is 0 Å². The maximum absolute atomic E-state index is 7.77. The third kappa shape index (κ3) is 2.99. The minimum Gasteiger partial charge on any atom is -0.330 e. The van der Waals surface area contributed by atoms with Gasteiger partial charge in [0, 0.05) is 5.71 Å². The minimum atomic E-state index is 0.661. The van der Waals surface area contributed by atoms with Gasteiger partial charge in [0.25, 0.3) is 0 Å². The van der Waals surface area contributed by atoms with Gasteiger partial charge in [-0.25, -0.2) is 0 Å². The highest BCUT2D eigenvalue weighted by Crippen LogP contribution is 2.07. The van der Waals surface area contributed by atoms with Crippen molar-refractivity contribution in [1.29, 1.82) is 5.41 Å². The number of nitrogens with two attached hydrogens (primary N) is 1. The third-order valence-electron chi connectivity index (χ3n) is 2.00. The first-order chi connectivity index (χ1) is 6.24. The van der Waals surface area contributed by atoms with E-state index in [0.717, 1.165) is 18.4 Å². The summed E-state index contributed by atoms with van der Waals surface area (Å²) in [5.41, 5.74) is 8.30. The Morgan fingerprint density at radius 1 is 1.46 bits per heavy atom. The quantitative estimate of drug-likeness (QED) is 0.678. The molecular formula is C11H16N2. The molecule has 1 aromatic carbocycles. The molecule has 3 N–H and O–H groups in total. The molecule has 1 rings (SSSR count). The van der Waals surface area contributed by atoms with Gasteiger partial charge in [-0.15, -0.1) is 0 Å². The SMILES string of the molecule is Cc1cccc(C(=N)CCCN)c1. The molecule has 0 unspecified atom stereocenters. The number of aryl methyl sites for hydroxylation is 1. The Kier molecular flexibility index (Phi) is 3.65. The standard InChI is InChI=1S/C11H16N2/c1-9-4-2-5-10(8-9)11(13)6-3-7-12/h2,4-5,8,13H,3,6-7,12H2,1H3. The molecule has 0 spiro atoms. The zero-order chi connectivity index (χ0) is 9.68. The van der Waals surface area contributed by atoms with Crippen molar-refractivity contribution >= 4 is 5.71 Å². The van der Waals surface area contributed by atoms with E-state index in [1.165, 1.54) is 5.56 Å². The number of hydrogen-bond donors (Lipinski definition) is 2. The van der Waals surface area contributed by atoms with Crippen LogP contribution in [-0.2, 0) is 0 Å². The monoisotopic (exact) mass is 176 g/mol. The molecule has 2 nitrogen and oxygen atoms in total. The normalized spacial score (nSPS) is 10.0. The molecule has 70 valence electrons. The highest BCUT2D eigenvalue weighted by atomic mass is 14.5. The van der Waals surface area contributed by atoms with E-state index in [-0.39, 0.29) is 0 Å². The number of rotatable bonds is 4. The fraction of sp³-hybridized carbons (Fsp3) is 0.364. The Balaban J connectivity index is 2.66. The molecule has 0 saturated carbocycles. The van der Waals surface area contributed by atoms with Crippen LogP contribution in [0.2, 0.25) is 0 Å². The molecule has 0 heterocycles. The lowest BCUT2D eigenvalue weighted by Crippen LogP contribution is -2.04. The van der Waals surface area contributed by atoms with Gasteiger partial charge in [-0.1, -0.05) is 29.8 Å². The summed E-state index contributed by atoms with van der Waals surface area (Å²) in [5, 5.41) is 7.77. The van der Waals surface area contributed by atoms with E-state index in [9.17, 15) is 0 Å². The van der Waals surface area contributed by atoms with Gasteiger partial charge in [0.1, 0.15) is 0 Å². The minimum absolute atomic E-state index is 0.661. The first kappa shape index (κ1) is 9.93. The molecule has 0 amide bonds. The zero-order valence-electron chi connectivity index (χ0n) is 8.01. The Hall–Kier alpha value is -1.15. The molecule has 2 heteroatoms. The molecule has 0 aromatic heterocycles. The highest BCUT2D eigenvalue weighted by Gasteiger charge is 1.99. The van der Waals surface area contributed by atoms with Gasteiger partial charge in [0.15, 0.2) is 0 Å². The van der Waals surface area contributed by atoms with Crippen molar-refractivity contribution in [2.45, 2.75) is 19.8 Å². The predicted octanol–water partition coefficient (Wildman–Crippen LogP) is 2.10. The summed E-state index contributed by atoms with van der Waals surface area (Å²) in [7, 11) is 0. The molecular weight excluding hydrogens is 160 g/mol. The van der Waals surface area contributed by atoms with Gasteiger partial charge in [-0.3, -0.25) is 0 Å². The van der Waals surface area contributed by atoms with Crippen LogP contribution >= 0.6 is 0 Å². The van der Waals surface area contributed by atoms with Crippen LogP contribution in [0.4, 0.5) is 0 Å². The number of hydrogen-bond acceptors (Lipinski definition) is 2. The van der Waals surface area contributed by atoms with Gasteiger partial charge >= 0.3 is 0 Å². The van der Waals surface area contributed by atoms with Gasteiger partial charge in [0.2, 0.25) is 0 Å². The summed E-state index contributed by atoms with van der Waals surface area (Å²) >= 11 is 0. The summed E-state index contributed by atoms with van der Waals surface area (Å²) in [6, 6.07) is 8.05. The molecule has 0 aliphatic carbocycles. The molecule has 0 radical (unpaired) electrons. The Labute approximate surface area is 79.3 Å². The molecule has 0 bridgehead atoms. The smallest absolute Gasteiger partial charge is 0.0386 e. The molecule has 13 heavy (non-hydrogen) atoms. The Morgan fingerprint density at radius 3 is 2.85 bits per heavy atom. The zero-order valence-corrected chi connectivity index (χ0v) is 8.01. The molecule has 0 aliphatic heterocycles. The van der Waals surface area contributed by atoms with Crippen LogP contribution in [0, 0.1) is 12.3 Å². The van der Waals surface area contributed by atoms with Crippen molar-refractivity contribution in [2.75, 3.05) is 6.54 Å². The van der Waals surface area contributed by atoms with Gasteiger partial charge in [-0.2, -0.15) is 0 Å². The summed E-state index contributed by atoms with van der Waals surface area (Å²) in [5.74, 6) is 0. The molecule has 0 aliphatic rings. The van der Waals surface area contributed by atoms with E-state index >= 15 is 0 Å². The average Bonchev–Trinajstić information content (AvgIpc) is 2.14. The van der Waals surface area contributed by atoms with Crippen LogP contribution in [0.15, 0.2) is 24.3 Å². The number of benzene rings is 1. The van der Waals surface area contributed by atoms with Crippen molar-refractivity contribution < 1.29 is 0 Å². The Bertz CT molecular complexity index is 292. The second kappa shape index (κ2) is 4.77. The second-order valence-electron chi connectivity index (χ2n) is 3.24. The molecule has 1 aromatic rings. The maximum Gasteiger partial charge on any atom is 0.0386 e. The Morgan fingerprint density at radius 2 is 2.23 bits per heavy atom. The van der Waals surface area contributed by atoms with E-state index in [2.05, 4.69) is 0 Å². The van der Waals surface area contributed by atoms with Crippen molar-refractivity contribution in [3.63, 3.8) is 0 Å². The van der Waals surface area contributed by atoms with Gasteiger partial charge in [-0.05, 0) is 31.9 Å². The largest absolute Gasteiger partial charge is 0.330 e. The third-order valence-corrected chi connectivity index (χ3v) is 2.00. The lowest BCUT2D eigenvalue weighted by Gasteiger charge is -2.03. The fourth-order valence-corrected chi connectivity index (χ4v) is 1.26. The second-order valence-corrected chi connectivity index (χ2v) is 3.24. The molecule has 0 saturated heterocycles. The van der Waals surface area contributed by atoms with Crippen molar-refractivity contribution in [2.24, 2.45) is 5.73 Å². The summed E-state index contributed by atoms with van der Waals surface area (Å²) < 4.78 is 0. The summed E-state index contributed by atoms with van der Waals surface area (Å²) in [4.78, 5) is 0. The van der Waals surface area contributed by atoms with E-state index in [4.69, 9.17) is 11.1 Å². The van der Waals surface area contributed by atoms with Crippen molar-refractivity contribution in [3.05, 3.63) is 35.4 Å². The lowest BCUT2D eigenvalue weighted by atomic mass is 10.0. The lowest BCUT2D eigenvalue weighted by molar-refractivity contribution is 0.874. The maximum atomic E-state index is 7.77. The van der Waals surface area contributed by atoms with E-state index in [0.29, 0.717) is 12.3 Å². The topological polar surface area (TPSA) is 49.9 Å². The van der Waals surface area contributed by atoms with E-state index in [1.54, 1.807) is 0 Å². The first-order valence-corrected chi connectivity index (χ1v) is 4.58. The molecule has 0 atom stereocenters. The first-order valence-electron chi connectivity index (χ1n) is 4.58. The predicted molar refractivity (Wildman–Crippen MR) is 56.3 cm³/mol. The van der Waals surface area contributed by atoms with Crippen LogP contribution in [0.25, 0.3) is 0 Å². The number of nitrogens with one attached hydrogen (secondary N) is 1. The highest BCUT2D eigenvalue weighted by molar-refractivity contribution is 5.98. The van der Waals surface area contributed by atoms with E-state index in [1.807, 2.05) is 31.2 Å². The van der Waals surface area contributed by atoms with E-state index < -0.39 is 0 Å². The van der Waals surface area contributed by atoms with Crippen molar-refractivity contribution in [3.8, 4) is 0 Å². The van der Waals surface area contributed by atoms with Crippen LogP contribution in [0.5, 0.6) is 0 Å². The van der Waals surface area contributed by atoms with Crippen LogP contribution in [0.1, 0.15) is 24.0 Å². The van der Waals surface area contributed by atoms with Crippen LogP contribution in [-0.4, -0.2) is 12.3 Å².